The lowest BCUT2D eigenvalue weighted by atomic mass is 9.94. The van der Waals surface area contributed by atoms with Crippen molar-refractivity contribution >= 4 is 16.9 Å². The zero-order valence-corrected chi connectivity index (χ0v) is 21.1. The molecule has 1 aliphatic heterocycles. The molecule has 4 N–H and O–H groups in total. The number of pyridine rings is 1. The van der Waals surface area contributed by atoms with Crippen molar-refractivity contribution in [2.45, 2.75) is 77.0 Å². The highest BCUT2D eigenvalue weighted by molar-refractivity contribution is 5.83. The van der Waals surface area contributed by atoms with Crippen molar-refractivity contribution < 1.29 is 19.3 Å². The van der Waals surface area contributed by atoms with E-state index in [0.29, 0.717) is 35.3 Å². The molecule has 2 unspecified atom stereocenters. The molecule has 1 saturated carbocycles. The number of hydrogen-bond donors (Lipinski definition) is 4. The van der Waals surface area contributed by atoms with Crippen molar-refractivity contribution in [1.82, 2.24) is 9.97 Å². The summed E-state index contributed by atoms with van der Waals surface area (Å²) in [6.07, 6.45) is 3.22. The summed E-state index contributed by atoms with van der Waals surface area (Å²) in [6.45, 7) is 8.92. The van der Waals surface area contributed by atoms with E-state index in [0.717, 1.165) is 24.2 Å². The Kier molecular flexibility index (Phi) is 7.79. The number of rotatable bonds is 7. The van der Waals surface area contributed by atoms with Gasteiger partial charge in [0, 0.05) is 29.0 Å². The minimum atomic E-state index is -0.476. The molecule has 0 radical (unpaired) electrons. The maximum Gasteiger partial charge on any atom is 0.151 e. The number of anilines is 1. The molecule has 6 nitrogen and oxygen atoms in total. The Balaban J connectivity index is 0.000000917. The standard InChI is InChI=1S/C25H30FN3O3.C3H8/c1-3-21(31)24-14(2)20(12-32-24)28-22-11-19-18(27-22)10-17(26)23(29-19)15-4-6-16(7-5-15)25(13-30)8-9-25;1-3-2/h4-7,10-11,14,20-21,24,27-28,30-31H,3,8-9,12-13H2,1-2H3;3H2,1-2H3/t14-,20?,21?,24+;/m1./s1. The van der Waals surface area contributed by atoms with Crippen LogP contribution in [0.1, 0.15) is 58.9 Å². The molecule has 4 atom stereocenters. The largest absolute Gasteiger partial charge is 0.395 e. The molecule has 3 heterocycles. The monoisotopic (exact) mass is 483 g/mol. The van der Waals surface area contributed by atoms with E-state index >= 15 is 0 Å². The van der Waals surface area contributed by atoms with E-state index in [4.69, 9.17) is 4.74 Å². The van der Waals surface area contributed by atoms with Crippen LogP contribution in [0.4, 0.5) is 10.2 Å². The summed E-state index contributed by atoms with van der Waals surface area (Å²) in [4.78, 5) is 7.78. The molecule has 35 heavy (non-hydrogen) atoms. The predicted octanol–water partition coefficient (Wildman–Crippen LogP) is 5.40. The van der Waals surface area contributed by atoms with Gasteiger partial charge in [-0.3, -0.25) is 0 Å². The summed E-state index contributed by atoms with van der Waals surface area (Å²) in [6, 6.07) is 11.1. The van der Waals surface area contributed by atoms with Gasteiger partial charge < -0.3 is 25.3 Å². The van der Waals surface area contributed by atoms with Gasteiger partial charge in [0.05, 0.1) is 42.5 Å². The number of fused-ring (bicyclic) bond motifs is 1. The fourth-order valence-corrected chi connectivity index (χ4v) is 4.80. The predicted molar refractivity (Wildman–Crippen MR) is 138 cm³/mol. The minimum Gasteiger partial charge on any atom is -0.395 e. The number of ether oxygens (including phenoxy) is 1. The highest BCUT2D eigenvalue weighted by Crippen LogP contribution is 2.47. The van der Waals surface area contributed by atoms with E-state index in [1.165, 1.54) is 12.5 Å². The zero-order chi connectivity index (χ0) is 25.2. The van der Waals surface area contributed by atoms with Crippen molar-refractivity contribution in [1.29, 1.82) is 0 Å². The number of aliphatic hydroxyl groups excluding tert-OH is 2. The lowest BCUT2D eigenvalue weighted by molar-refractivity contribution is -0.0176. The third-order valence-corrected chi connectivity index (χ3v) is 7.24. The average Bonchev–Trinajstić information content (AvgIpc) is 3.45. The van der Waals surface area contributed by atoms with Gasteiger partial charge in [-0.05, 0) is 24.8 Å². The molecular weight excluding hydrogens is 445 g/mol. The summed E-state index contributed by atoms with van der Waals surface area (Å²) >= 11 is 0. The smallest absolute Gasteiger partial charge is 0.151 e. The Labute approximate surface area is 206 Å². The summed E-state index contributed by atoms with van der Waals surface area (Å²) < 4.78 is 20.7. The number of aromatic nitrogens is 2. The van der Waals surface area contributed by atoms with Crippen LogP contribution in [-0.4, -0.2) is 51.6 Å². The first-order valence-electron chi connectivity index (χ1n) is 12.8. The van der Waals surface area contributed by atoms with Crippen molar-refractivity contribution in [3.05, 3.63) is 47.8 Å². The lowest BCUT2D eigenvalue weighted by Gasteiger charge is -2.22. The lowest BCUT2D eigenvalue weighted by Crippen LogP contribution is -2.34. The number of aromatic amines is 1. The molecule has 2 fully saturated rings. The van der Waals surface area contributed by atoms with Crippen LogP contribution in [0, 0.1) is 11.7 Å². The molecule has 1 aromatic carbocycles. The van der Waals surface area contributed by atoms with Gasteiger partial charge in [0.15, 0.2) is 5.82 Å². The fraction of sp³-hybridized carbons (Fsp3) is 0.536. The van der Waals surface area contributed by atoms with Crippen molar-refractivity contribution in [2.24, 2.45) is 5.92 Å². The van der Waals surface area contributed by atoms with E-state index in [2.05, 4.69) is 36.1 Å². The SMILES string of the molecule is CCC.CCC(O)[C@H]1OCC(Nc2cc3nc(-c4ccc(C5(CO)CC5)cc4)c(F)cc3[nH]2)[C@H]1C. The molecule has 190 valence electrons. The van der Waals surface area contributed by atoms with Crippen LogP contribution in [0.2, 0.25) is 0 Å². The molecule has 1 aliphatic carbocycles. The van der Waals surface area contributed by atoms with Gasteiger partial charge in [0.2, 0.25) is 0 Å². The second kappa shape index (κ2) is 10.6. The Morgan fingerprint density at radius 3 is 2.49 bits per heavy atom. The van der Waals surface area contributed by atoms with E-state index in [-0.39, 0.29) is 35.9 Å². The Morgan fingerprint density at radius 1 is 1.20 bits per heavy atom. The van der Waals surface area contributed by atoms with Gasteiger partial charge in [-0.15, -0.1) is 0 Å². The van der Waals surface area contributed by atoms with Crippen molar-refractivity contribution in [3.63, 3.8) is 0 Å². The van der Waals surface area contributed by atoms with Crippen LogP contribution >= 0.6 is 0 Å². The molecule has 7 heteroatoms. The maximum atomic E-state index is 14.9. The molecule has 1 saturated heterocycles. The number of halogens is 1. The molecule has 5 rings (SSSR count). The summed E-state index contributed by atoms with van der Waals surface area (Å²) in [5.74, 6) is 0.513. The molecule has 2 aliphatic rings. The highest BCUT2D eigenvalue weighted by atomic mass is 19.1. The third kappa shape index (κ3) is 5.22. The average molecular weight is 484 g/mol. The summed E-state index contributed by atoms with van der Waals surface area (Å²) in [5.41, 5.74) is 3.32. The van der Waals surface area contributed by atoms with Crippen LogP contribution in [0.15, 0.2) is 36.4 Å². The normalized spacial score (nSPS) is 23.6. The molecule has 0 spiro atoms. The second-order valence-corrected chi connectivity index (χ2v) is 10.0. The van der Waals surface area contributed by atoms with E-state index in [1.54, 1.807) is 0 Å². The summed E-state index contributed by atoms with van der Waals surface area (Å²) in [7, 11) is 0. The van der Waals surface area contributed by atoms with Gasteiger partial charge in [-0.2, -0.15) is 0 Å². The van der Waals surface area contributed by atoms with Crippen LogP contribution in [0.5, 0.6) is 0 Å². The fourth-order valence-electron chi connectivity index (χ4n) is 4.80. The molecule has 0 bridgehead atoms. The zero-order valence-electron chi connectivity index (χ0n) is 21.1. The quantitative estimate of drug-likeness (QED) is 0.361. The first kappa shape index (κ1) is 25.6. The highest BCUT2D eigenvalue weighted by Gasteiger charge is 2.43. The van der Waals surface area contributed by atoms with Gasteiger partial charge in [-0.25, -0.2) is 9.37 Å². The van der Waals surface area contributed by atoms with Gasteiger partial charge in [0.1, 0.15) is 11.5 Å². The first-order chi connectivity index (χ1) is 16.9. The summed E-state index contributed by atoms with van der Waals surface area (Å²) in [5, 5.41) is 23.2. The van der Waals surface area contributed by atoms with E-state index in [9.17, 15) is 14.6 Å². The topological polar surface area (TPSA) is 90.4 Å². The Hall–Kier alpha value is -2.48. The Bertz CT molecular complexity index is 1130. The van der Waals surface area contributed by atoms with Crippen LogP contribution in [0.3, 0.4) is 0 Å². The molecular formula is C28H38FN3O3. The second-order valence-electron chi connectivity index (χ2n) is 10.0. The van der Waals surface area contributed by atoms with E-state index in [1.807, 2.05) is 37.3 Å². The number of hydrogen-bond acceptors (Lipinski definition) is 5. The number of benzene rings is 1. The number of H-pyrrole nitrogens is 1. The Morgan fingerprint density at radius 2 is 1.89 bits per heavy atom. The van der Waals surface area contributed by atoms with Crippen LogP contribution in [0.25, 0.3) is 22.3 Å². The van der Waals surface area contributed by atoms with E-state index < -0.39 is 6.10 Å². The number of nitrogens with one attached hydrogen (secondary N) is 2. The number of nitrogens with zero attached hydrogens (tertiary/aromatic N) is 1. The third-order valence-electron chi connectivity index (χ3n) is 7.24. The van der Waals surface area contributed by atoms with Crippen LogP contribution < -0.4 is 5.32 Å². The van der Waals surface area contributed by atoms with Gasteiger partial charge in [-0.1, -0.05) is 58.4 Å². The van der Waals surface area contributed by atoms with Gasteiger partial charge in [0.25, 0.3) is 0 Å². The molecule has 2 aromatic heterocycles. The maximum absolute atomic E-state index is 14.9. The van der Waals surface area contributed by atoms with Crippen molar-refractivity contribution in [3.8, 4) is 11.3 Å². The molecule has 0 amide bonds. The molecule has 3 aromatic rings. The number of aliphatic hydroxyl groups is 2. The van der Waals surface area contributed by atoms with Crippen LogP contribution in [-0.2, 0) is 10.2 Å². The van der Waals surface area contributed by atoms with Gasteiger partial charge >= 0.3 is 0 Å². The minimum absolute atomic E-state index is 0.0485. The first-order valence-corrected chi connectivity index (χ1v) is 12.8. The van der Waals surface area contributed by atoms with Crippen molar-refractivity contribution in [2.75, 3.05) is 18.5 Å².